The smallest absolute Gasteiger partial charge is 0.222 e. The van der Waals surface area contributed by atoms with E-state index in [1.54, 1.807) is 0 Å². The summed E-state index contributed by atoms with van der Waals surface area (Å²) in [7, 11) is 0. The first-order chi connectivity index (χ1) is 14.8. The first-order valence-electron chi connectivity index (χ1n) is 10.1. The fourth-order valence-corrected chi connectivity index (χ4v) is 3.86. The number of carbonyl (C=O) groups is 1. The zero-order chi connectivity index (χ0) is 20.3. The number of carbonyl (C=O) groups excluding carboxylic acids is 1. The molecule has 1 atom stereocenters. The fourth-order valence-electron chi connectivity index (χ4n) is 3.86. The maximum absolute atomic E-state index is 12.9. The van der Waals surface area contributed by atoms with Crippen LogP contribution in [0.1, 0.15) is 23.9 Å². The Morgan fingerprint density at radius 3 is 2.57 bits per heavy atom. The Hall–Kier alpha value is -3.86. The van der Waals surface area contributed by atoms with E-state index in [4.69, 9.17) is 4.98 Å². The van der Waals surface area contributed by atoms with Crippen LogP contribution in [-0.2, 0) is 11.3 Å². The number of hydrogen-bond acceptors (Lipinski definition) is 2. The van der Waals surface area contributed by atoms with Crippen molar-refractivity contribution in [2.75, 3.05) is 0 Å². The molecule has 0 saturated heterocycles. The van der Waals surface area contributed by atoms with Crippen LogP contribution in [0.3, 0.4) is 0 Å². The van der Waals surface area contributed by atoms with Crippen LogP contribution in [0.4, 0.5) is 0 Å². The van der Waals surface area contributed by atoms with E-state index in [-0.39, 0.29) is 11.9 Å². The number of aromatic nitrogens is 3. The highest BCUT2D eigenvalue weighted by atomic mass is 16.1. The SMILES string of the molecule is O=C(CCn1ccc2ccccc21)N[C@H](c1ccccc1)c1nc2ccccc2[nH]1. The van der Waals surface area contributed by atoms with Gasteiger partial charge in [0.1, 0.15) is 11.9 Å². The summed E-state index contributed by atoms with van der Waals surface area (Å²) in [6, 6.07) is 27.8. The molecular formula is C25H22N4O. The second-order valence-corrected chi connectivity index (χ2v) is 7.37. The van der Waals surface area contributed by atoms with Gasteiger partial charge >= 0.3 is 0 Å². The van der Waals surface area contributed by atoms with Crippen LogP contribution in [-0.4, -0.2) is 20.4 Å². The number of H-pyrrole nitrogens is 1. The molecule has 2 N–H and O–H groups in total. The van der Waals surface area contributed by atoms with Crippen LogP contribution in [0.5, 0.6) is 0 Å². The number of imidazole rings is 1. The lowest BCUT2D eigenvalue weighted by Gasteiger charge is -2.17. The van der Waals surface area contributed by atoms with Crippen LogP contribution >= 0.6 is 0 Å². The van der Waals surface area contributed by atoms with Crippen molar-refractivity contribution >= 4 is 27.8 Å². The molecule has 1 amide bonds. The molecule has 5 rings (SSSR count). The molecular weight excluding hydrogens is 372 g/mol. The Morgan fingerprint density at radius 1 is 0.933 bits per heavy atom. The number of para-hydroxylation sites is 3. The third-order valence-corrected chi connectivity index (χ3v) is 5.38. The van der Waals surface area contributed by atoms with Gasteiger partial charge in [0.25, 0.3) is 0 Å². The summed E-state index contributed by atoms with van der Waals surface area (Å²) >= 11 is 0. The van der Waals surface area contributed by atoms with Gasteiger partial charge in [-0.2, -0.15) is 0 Å². The third-order valence-electron chi connectivity index (χ3n) is 5.38. The fraction of sp³-hybridized carbons (Fsp3) is 0.120. The predicted octanol–water partition coefficient (Wildman–Crippen LogP) is 4.81. The van der Waals surface area contributed by atoms with E-state index in [2.05, 4.69) is 33.1 Å². The molecule has 2 heterocycles. The van der Waals surface area contributed by atoms with Gasteiger partial charge in [-0.05, 0) is 35.2 Å². The van der Waals surface area contributed by atoms with Crippen molar-refractivity contribution < 1.29 is 4.79 Å². The standard InChI is InChI=1S/C25H22N4O/c30-23(15-17-29-16-14-18-8-4-7-13-22(18)29)28-24(19-9-2-1-3-10-19)25-26-20-11-5-6-12-21(20)27-25/h1-14,16,24H,15,17H2,(H,26,27)(H,28,30)/t24-/m1/s1. The molecule has 3 aromatic carbocycles. The Labute approximate surface area is 174 Å². The second-order valence-electron chi connectivity index (χ2n) is 7.37. The van der Waals surface area contributed by atoms with Crippen molar-refractivity contribution in [2.45, 2.75) is 19.0 Å². The van der Waals surface area contributed by atoms with Crippen molar-refractivity contribution in [3.8, 4) is 0 Å². The number of benzene rings is 3. The Bertz CT molecular complexity index is 1270. The topological polar surface area (TPSA) is 62.7 Å². The maximum Gasteiger partial charge on any atom is 0.222 e. The highest BCUT2D eigenvalue weighted by Crippen LogP contribution is 2.23. The van der Waals surface area contributed by atoms with Crippen molar-refractivity contribution in [1.82, 2.24) is 19.9 Å². The zero-order valence-electron chi connectivity index (χ0n) is 16.5. The van der Waals surface area contributed by atoms with E-state index in [1.807, 2.05) is 72.9 Å². The largest absolute Gasteiger partial charge is 0.347 e. The highest BCUT2D eigenvalue weighted by Gasteiger charge is 2.20. The number of amides is 1. The minimum Gasteiger partial charge on any atom is -0.347 e. The molecule has 0 saturated carbocycles. The minimum atomic E-state index is -0.326. The van der Waals surface area contributed by atoms with Crippen molar-refractivity contribution in [2.24, 2.45) is 0 Å². The van der Waals surface area contributed by atoms with Gasteiger partial charge in [-0.3, -0.25) is 4.79 Å². The van der Waals surface area contributed by atoms with Gasteiger partial charge in [-0.15, -0.1) is 0 Å². The van der Waals surface area contributed by atoms with E-state index in [1.165, 1.54) is 5.39 Å². The summed E-state index contributed by atoms with van der Waals surface area (Å²) < 4.78 is 2.12. The van der Waals surface area contributed by atoms with Crippen molar-refractivity contribution in [1.29, 1.82) is 0 Å². The molecule has 5 heteroatoms. The van der Waals surface area contributed by atoms with E-state index in [0.29, 0.717) is 13.0 Å². The molecule has 0 aliphatic rings. The Morgan fingerprint density at radius 2 is 1.70 bits per heavy atom. The molecule has 148 valence electrons. The maximum atomic E-state index is 12.9. The molecule has 2 aromatic heterocycles. The first-order valence-corrected chi connectivity index (χ1v) is 10.1. The van der Waals surface area contributed by atoms with E-state index >= 15 is 0 Å². The number of aromatic amines is 1. The average Bonchev–Trinajstić information content (AvgIpc) is 3.40. The van der Waals surface area contributed by atoms with E-state index < -0.39 is 0 Å². The van der Waals surface area contributed by atoms with Crippen LogP contribution < -0.4 is 5.32 Å². The summed E-state index contributed by atoms with van der Waals surface area (Å²) in [5, 5.41) is 4.36. The molecule has 0 radical (unpaired) electrons. The summed E-state index contributed by atoms with van der Waals surface area (Å²) in [5.74, 6) is 0.726. The molecule has 0 fully saturated rings. The van der Waals surface area contributed by atoms with Crippen LogP contribution in [0.2, 0.25) is 0 Å². The number of hydrogen-bond donors (Lipinski definition) is 2. The van der Waals surface area contributed by atoms with Crippen molar-refractivity contribution in [3.05, 3.63) is 103 Å². The lowest BCUT2D eigenvalue weighted by atomic mass is 10.1. The molecule has 30 heavy (non-hydrogen) atoms. The molecule has 0 aliphatic heterocycles. The summed E-state index contributed by atoms with van der Waals surface area (Å²) in [6.07, 6.45) is 2.42. The second kappa shape index (κ2) is 7.87. The van der Waals surface area contributed by atoms with Gasteiger partial charge in [-0.1, -0.05) is 60.7 Å². The van der Waals surface area contributed by atoms with Gasteiger partial charge in [0.15, 0.2) is 0 Å². The first kappa shape index (κ1) is 18.2. The summed E-state index contributed by atoms with van der Waals surface area (Å²) in [6.45, 7) is 0.626. The lowest BCUT2D eigenvalue weighted by molar-refractivity contribution is -0.121. The average molecular weight is 394 g/mol. The molecule has 5 nitrogen and oxygen atoms in total. The zero-order valence-corrected chi connectivity index (χ0v) is 16.5. The quantitative estimate of drug-likeness (QED) is 0.434. The molecule has 0 unspecified atom stereocenters. The van der Waals surface area contributed by atoms with Gasteiger partial charge < -0.3 is 14.9 Å². The van der Waals surface area contributed by atoms with Gasteiger partial charge in [0, 0.05) is 24.7 Å². The van der Waals surface area contributed by atoms with E-state index in [0.717, 1.165) is 27.9 Å². The summed E-state index contributed by atoms with van der Waals surface area (Å²) in [4.78, 5) is 21.0. The minimum absolute atomic E-state index is 0.0120. The summed E-state index contributed by atoms with van der Waals surface area (Å²) in [5.41, 5.74) is 3.99. The van der Waals surface area contributed by atoms with E-state index in [9.17, 15) is 4.79 Å². The van der Waals surface area contributed by atoms with Gasteiger partial charge in [0.2, 0.25) is 5.91 Å². The van der Waals surface area contributed by atoms with Gasteiger partial charge in [-0.25, -0.2) is 4.98 Å². The highest BCUT2D eigenvalue weighted by molar-refractivity contribution is 5.81. The number of rotatable bonds is 6. The third kappa shape index (κ3) is 3.57. The van der Waals surface area contributed by atoms with Crippen LogP contribution in [0.15, 0.2) is 91.1 Å². The number of fused-ring (bicyclic) bond motifs is 2. The normalized spacial score (nSPS) is 12.3. The van der Waals surface area contributed by atoms with Crippen molar-refractivity contribution in [3.63, 3.8) is 0 Å². The molecule has 0 bridgehead atoms. The monoisotopic (exact) mass is 394 g/mol. The number of nitrogens with zero attached hydrogens (tertiary/aromatic N) is 2. The molecule has 0 aliphatic carbocycles. The molecule has 5 aromatic rings. The number of aryl methyl sites for hydroxylation is 1. The Kier molecular flexibility index (Phi) is 4.77. The van der Waals surface area contributed by atoms with Crippen LogP contribution in [0.25, 0.3) is 21.9 Å². The Balaban J connectivity index is 1.37. The predicted molar refractivity (Wildman–Crippen MR) is 119 cm³/mol. The molecule has 0 spiro atoms. The number of nitrogens with one attached hydrogen (secondary N) is 2. The van der Waals surface area contributed by atoms with Gasteiger partial charge in [0.05, 0.1) is 11.0 Å². The van der Waals surface area contributed by atoms with Crippen LogP contribution in [0, 0.1) is 0 Å². The lowest BCUT2D eigenvalue weighted by Crippen LogP contribution is -2.30.